The molecule has 3 heteroatoms. The minimum atomic E-state index is 0.194. The van der Waals surface area contributed by atoms with Gasteiger partial charge < -0.3 is 5.32 Å². The summed E-state index contributed by atoms with van der Waals surface area (Å²) in [5, 5.41) is 3.85. The fraction of sp³-hybridized carbons (Fsp3) is 0.909. The van der Waals surface area contributed by atoms with E-state index in [1.54, 1.807) is 0 Å². The van der Waals surface area contributed by atoms with Crippen LogP contribution in [0.2, 0.25) is 0 Å². The highest BCUT2D eigenvalue weighted by Gasteiger charge is 1.98. The lowest BCUT2D eigenvalue weighted by atomic mass is 10.1. The second kappa shape index (κ2) is 11.0. The molecule has 14 heavy (non-hydrogen) atoms. The lowest BCUT2D eigenvalue weighted by Gasteiger charge is -2.03. The number of hydrogen-bond acceptors (Lipinski definition) is 1. The van der Waals surface area contributed by atoms with E-state index in [0.29, 0.717) is 6.42 Å². The van der Waals surface area contributed by atoms with Crippen LogP contribution in [-0.2, 0) is 4.79 Å². The molecule has 0 heterocycles. The van der Waals surface area contributed by atoms with Crippen molar-refractivity contribution < 1.29 is 4.79 Å². The van der Waals surface area contributed by atoms with Crippen LogP contribution >= 0.6 is 15.9 Å². The molecule has 0 fully saturated rings. The van der Waals surface area contributed by atoms with Gasteiger partial charge in [0.05, 0.1) is 0 Å². The fourth-order valence-electron chi connectivity index (χ4n) is 1.27. The van der Waals surface area contributed by atoms with Crippen molar-refractivity contribution in [1.82, 2.24) is 5.32 Å². The molecule has 0 aliphatic heterocycles. The molecule has 84 valence electrons. The van der Waals surface area contributed by atoms with Crippen molar-refractivity contribution in [2.45, 2.75) is 51.9 Å². The number of carbonyl (C=O) groups excluding carboxylic acids is 1. The largest absolute Gasteiger partial charge is 0.356 e. The van der Waals surface area contributed by atoms with Crippen LogP contribution in [0, 0.1) is 0 Å². The number of alkyl halides is 1. The number of carbonyl (C=O) groups is 1. The first-order chi connectivity index (χ1) is 6.81. The van der Waals surface area contributed by atoms with E-state index >= 15 is 0 Å². The van der Waals surface area contributed by atoms with Gasteiger partial charge in [-0.3, -0.25) is 4.79 Å². The summed E-state index contributed by atoms with van der Waals surface area (Å²) in [6, 6.07) is 0. The van der Waals surface area contributed by atoms with Crippen molar-refractivity contribution in [3.8, 4) is 0 Å². The number of hydrogen-bond donors (Lipinski definition) is 1. The van der Waals surface area contributed by atoms with Crippen LogP contribution in [0.15, 0.2) is 0 Å². The van der Waals surface area contributed by atoms with E-state index in [1.807, 2.05) is 0 Å². The summed E-state index contributed by atoms with van der Waals surface area (Å²) in [4.78, 5) is 11.2. The average Bonchev–Trinajstić information content (AvgIpc) is 2.20. The minimum Gasteiger partial charge on any atom is -0.356 e. The summed E-state index contributed by atoms with van der Waals surface area (Å²) in [5.41, 5.74) is 0. The van der Waals surface area contributed by atoms with Gasteiger partial charge in [0.1, 0.15) is 0 Å². The third kappa shape index (κ3) is 10.0. The average molecular weight is 264 g/mol. The maximum absolute atomic E-state index is 11.2. The van der Waals surface area contributed by atoms with Gasteiger partial charge in [-0.05, 0) is 12.8 Å². The van der Waals surface area contributed by atoms with E-state index in [9.17, 15) is 4.79 Å². The molecule has 0 aliphatic rings. The van der Waals surface area contributed by atoms with Crippen molar-refractivity contribution in [2.24, 2.45) is 0 Å². The first kappa shape index (κ1) is 13.9. The van der Waals surface area contributed by atoms with Gasteiger partial charge in [-0.2, -0.15) is 0 Å². The first-order valence-electron chi connectivity index (χ1n) is 5.64. The van der Waals surface area contributed by atoms with E-state index in [1.165, 1.54) is 25.7 Å². The monoisotopic (exact) mass is 263 g/mol. The van der Waals surface area contributed by atoms with Gasteiger partial charge in [-0.25, -0.2) is 0 Å². The molecule has 1 amide bonds. The molecule has 0 atom stereocenters. The highest BCUT2D eigenvalue weighted by Crippen LogP contribution is 2.01. The van der Waals surface area contributed by atoms with Crippen molar-refractivity contribution in [1.29, 1.82) is 0 Å². The SMILES string of the molecule is CCCCCCCNC(=O)CCCBr. The molecule has 0 unspecified atom stereocenters. The van der Waals surface area contributed by atoms with Gasteiger partial charge in [-0.1, -0.05) is 48.5 Å². The number of unbranched alkanes of at least 4 members (excludes halogenated alkanes) is 4. The first-order valence-corrected chi connectivity index (χ1v) is 6.76. The molecular weight excluding hydrogens is 242 g/mol. The zero-order valence-corrected chi connectivity index (χ0v) is 10.7. The Labute approximate surface area is 96.0 Å². The highest BCUT2D eigenvalue weighted by molar-refractivity contribution is 9.09. The van der Waals surface area contributed by atoms with Gasteiger partial charge in [0, 0.05) is 18.3 Å². The van der Waals surface area contributed by atoms with Gasteiger partial charge in [0.25, 0.3) is 0 Å². The van der Waals surface area contributed by atoms with E-state index in [4.69, 9.17) is 0 Å². The number of halogens is 1. The van der Waals surface area contributed by atoms with Crippen molar-refractivity contribution in [3.63, 3.8) is 0 Å². The molecular formula is C11H22BrNO. The molecule has 0 aromatic carbocycles. The van der Waals surface area contributed by atoms with Gasteiger partial charge in [-0.15, -0.1) is 0 Å². The van der Waals surface area contributed by atoms with Gasteiger partial charge >= 0.3 is 0 Å². The Balaban J connectivity index is 3.07. The molecule has 2 nitrogen and oxygen atoms in total. The second-order valence-corrected chi connectivity index (χ2v) is 4.35. The zero-order valence-electron chi connectivity index (χ0n) is 9.15. The molecule has 0 aromatic rings. The molecule has 0 aromatic heterocycles. The van der Waals surface area contributed by atoms with Crippen LogP contribution < -0.4 is 5.32 Å². The lowest BCUT2D eigenvalue weighted by molar-refractivity contribution is -0.121. The zero-order chi connectivity index (χ0) is 10.6. The number of nitrogens with one attached hydrogen (secondary N) is 1. The molecule has 0 bridgehead atoms. The van der Waals surface area contributed by atoms with Crippen LogP contribution in [0.4, 0.5) is 0 Å². The summed E-state index contributed by atoms with van der Waals surface area (Å²) in [7, 11) is 0. The Kier molecular flexibility index (Phi) is 11.0. The summed E-state index contributed by atoms with van der Waals surface area (Å²) < 4.78 is 0. The second-order valence-electron chi connectivity index (χ2n) is 3.56. The van der Waals surface area contributed by atoms with Crippen LogP contribution in [0.25, 0.3) is 0 Å². The Hall–Kier alpha value is -0.0500. The molecule has 0 spiro atoms. The molecule has 0 saturated carbocycles. The summed E-state index contributed by atoms with van der Waals surface area (Å²) in [5.74, 6) is 0.194. The molecule has 0 radical (unpaired) electrons. The molecule has 0 aliphatic carbocycles. The smallest absolute Gasteiger partial charge is 0.220 e. The van der Waals surface area contributed by atoms with Crippen LogP contribution in [0.1, 0.15) is 51.9 Å². The van der Waals surface area contributed by atoms with Gasteiger partial charge in [0.15, 0.2) is 0 Å². The standard InChI is InChI=1S/C11H22BrNO/c1-2-3-4-5-6-10-13-11(14)8-7-9-12/h2-10H2,1H3,(H,13,14). The van der Waals surface area contributed by atoms with E-state index < -0.39 is 0 Å². The molecule has 1 N–H and O–H groups in total. The normalized spacial score (nSPS) is 10.1. The van der Waals surface area contributed by atoms with Crippen molar-refractivity contribution in [3.05, 3.63) is 0 Å². The summed E-state index contributed by atoms with van der Waals surface area (Å²) >= 11 is 3.31. The Morgan fingerprint density at radius 1 is 1.14 bits per heavy atom. The minimum absolute atomic E-state index is 0.194. The van der Waals surface area contributed by atoms with E-state index in [0.717, 1.165) is 24.7 Å². The number of rotatable bonds is 9. The van der Waals surface area contributed by atoms with E-state index in [2.05, 4.69) is 28.2 Å². The van der Waals surface area contributed by atoms with Crippen molar-refractivity contribution >= 4 is 21.8 Å². The number of amides is 1. The van der Waals surface area contributed by atoms with Crippen LogP contribution in [0.5, 0.6) is 0 Å². The highest BCUT2D eigenvalue weighted by atomic mass is 79.9. The predicted molar refractivity (Wildman–Crippen MR) is 64.8 cm³/mol. The van der Waals surface area contributed by atoms with Crippen molar-refractivity contribution in [2.75, 3.05) is 11.9 Å². The Morgan fingerprint density at radius 3 is 2.50 bits per heavy atom. The maximum Gasteiger partial charge on any atom is 0.220 e. The lowest BCUT2D eigenvalue weighted by Crippen LogP contribution is -2.24. The maximum atomic E-state index is 11.2. The quantitative estimate of drug-likeness (QED) is 0.502. The third-order valence-electron chi connectivity index (χ3n) is 2.14. The fourth-order valence-corrected chi connectivity index (χ4v) is 1.55. The van der Waals surface area contributed by atoms with Gasteiger partial charge in [0.2, 0.25) is 5.91 Å². The third-order valence-corrected chi connectivity index (χ3v) is 2.70. The Bertz CT molecular complexity index is 139. The van der Waals surface area contributed by atoms with Crippen LogP contribution in [0.3, 0.4) is 0 Å². The molecule has 0 rings (SSSR count). The van der Waals surface area contributed by atoms with Crippen LogP contribution in [-0.4, -0.2) is 17.8 Å². The van der Waals surface area contributed by atoms with E-state index in [-0.39, 0.29) is 5.91 Å². The summed E-state index contributed by atoms with van der Waals surface area (Å²) in [6.45, 7) is 3.06. The Morgan fingerprint density at radius 2 is 1.86 bits per heavy atom. The molecule has 0 saturated heterocycles. The topological polar surface area (TPSA) is 29.1 Å². The summed E-state index contributed by atoms with van der Waals surface area (Å²) in [6.07, 6.45) is 7.84. The predicted octanol–water partition coefficient (Wildman–Crippen LogP) is 3.25.